The van der Waals surface area contributed by atoms with E-state index in [-0.39, 0.29) is 6.32 Å². The molecule has 2 N–H and O–H groups in total. The Balaban J connectivity index is 2.55. The van der Waals surface area contributed by atoms with Crippen LogP contribution in [0, 0.1) is 0 Å². The van der Waals surface area contributed by atoms with Gasteiger partial charge >= 0.3 is 7.12 Å². The second kappa shape index (κ2) is 6.85. The number of hydrogen-bond donors (Lipinski definition) is 3. The molecule has 0 unspecified atom stereocenters. The molecule has 0 amide bonds. The van der Waals surface area contributed by atoms with Crippen LogP contribution in [-0.4, -0.2) is 37.9 Å². The molecule has 0 saturated heterocycles. The number of thiocarbonyl (C=S) groups is 1. The Morgan fingerprint density at radius 3 is 2.81 bits per heavy atom. The van der Waals surface area contributed by atoms with Crippen molar-refractivity contribution in [3.8, 4) is 0 Å². The van der Waals surface area contributed by atoms with E-state index >= 15 is 0 Å². The van der Waals surface area contributed by atoms with Crippen LogP contribution in [0.1, 0.15) is 5.56 Å². The zero-order valence-electron chi connectivity index (χ0n) is 8.65. The van der Waals surface area contributed by atoms with Gasteiger partial charge in [-0.25, -0.2) is 0 Å². The topological polar surface area (TPSA) is 56.6 Å². The lowest BCUT2D eigenvalue weighted by Crippen LogP contribution is -2.29. The highest BCUT2D eigenvalue weighted by Gasteiger charge is 2.12. The molecule has 1 aromatic heterocycles. The quantitative estimate of drug-likeness (QED) is 0.408. The molecule has 0 atom stereocenters. The van der Waals surface area contributed by atoms with Gasteiger partial charge < -0.3 is 14.9 Å². The second-order valence-corrected chi connectivity index (χ2v) is 4.45. The van der Waals surface area contributed by atoms with Crippen molar-refractivity contribution in [2.75, 3.05) is 6.54 Å². The lowest BCUT2D eigenvalue weighted by Gasteiger charge is -2.22. The maximum atomic E-state index is 8.80. The van der Waals surface area contributed by atoms with E-state index in [2.05, 4.69) is 17.6 Å². The summed E-state index contributed by atoms with van der Waals surface area (Å²) in [6, 6.07) is 3.78. The van der Waals surface area contributed by atoms with Crippen molar-refractivity contribution in [1.82, 2.24) is 9.88 Å². The molecule has 0 aliphatic rings. The highest BCUT2D eigenvalue weighted by atomic mass is 32.1. The zero-order chi connectivity index (χ0) is 12.0. The first-order valence-corrected chi connectivity index (χ1v) is 5.68. The van der Waals surface area contributed by atoms with E-state index < -0.39 is 7.12 Å². The molecule has 16 heavy (non-hydrogen) atoms. The summed E-state index contributed by atoms with van der Waals surface area (Å²) in [6.07, 6.45) is 3.68. The highest BCUT2D eigenvalue weighted by molar-refractivity contribution is 8.10. The maximum Gasteiger partial charge on any atom is 0.453 e. The summed E-state index contributed by atoms with van der Waals surface area (Å²) in [5.74, 6) is 0. The second-order valence-electron chi connectivity index (χ2n) is 3.33. The smallest absolute Gasteiger partial charge is 0.427 e. The van der Waals surface area contributed by atoms with Crippen molar-refractivity contribution in [2.45, 2.75) is 12.9 Å². The number of pyridine rings is 1. The minimum atomic E-state index is -1.32. The molecular formula is C9H13BN2O2S2. The molecule has 7 heteroatoms. The molecule has 0 radical (unpaired) electrons. The van der Waals surface area contributed by atoms with Crippen LogP contribution in [0.4, 0.5) is 0 Å². The fourth-order valence-electron chi connectivity index (χ4n) is 1.23. The number of rotatable bonds is 5. The van der Waals surface area contributed by atoms with E-state index in [4.69, 9.17) is 22.3 Å². The van der Waals surface area contributed by atoms with Crippen LogP contribution in [0.2, 0.25) is 6.32 Å². The van der Waals surface area contributed by atoms with Gasteiger partial charge in [-0.1, -0.05) is 18.3 Å². The van der Waals surface area contributed by atoms with Crippen LogP contribution in [0.3, 0.4) is 0 Å². The van der Waals surface area contributed by atoms with Gasteiger partial charge in [0.25, 0.3) is 0 Å². The maximum absolute atomic E-state index is 8.80. The number of nitrogens with zero attached hydrogens (tertiary/aromatic N) is 2. The lowest BCUT2D eigenvalue weighted by atomic mass is 9.86. The molecule has 0 aliphatic heterocycles. The predicted octanol–water partition coefficient (Wildman–Crippen LogP) is 0.571. The van der Waals surface area contributed by atoms with Gasteiger partial charge in [0.2, 0.25) is 0 Å². The number of thiol groups is 1. The van der Waals surface area contributed by atoms with E-state index in [0.29, 0.717) is 17.4 Å². The largest absolute Gasteiger partial charge is 0.453 e. The molecule has 1 heterocycles. The van der Waals surface area contributed by atoms with E-state index in [9.17, 15) is 0 Å². The zero-order valence-corrected chi connectivity index (χ0v) is 10.4. The van der Waals surface area contributed by atoms with Crippen LogP contribution in [0.5, 0.6) is 0 Å². The van der Waals surface area contributed by atoms with Crippen molar-refractivity contribution in [3.63, 3.8) is 0 Å². The summed E-state index contributed by atoms with van der Waals surface area (Å²) in [4.78, 5) is 5.79. The molecule has 4 nitrogen and oxygen atoms in total. The van der Waals surface area contributed by atoms with Crippen molar-refractivity contribution >= 4 is 36.3 Å². The first-order chi connectivity index (χ1) is 7.59. The number of hydrogen-bond acceptors (Lipinski definition) is 4. The average Bonchev–Trinajstić information content (AvgIpc) is 2.25. The molecule has 0 spiro atoms. The van der Waals surface area contributed by atoms with Gasteiger partial charge in [0, 0.05) is 25.5 Å². The Hall–Kier alpha value is -0.625. The molecule has 1 rings (SSSR count). The van der Waals surface area contributed by atoms with Crippen molar-refractivity contribution in [3.05, 3.63) is 30.1 Å². The molecule has 0 aliphatic carbocycles. The molecule has 0 saturated carbocycles. The molecular weight excluding hydrogens is 243 g/mol. The SMILES string of the molecule is OB(O)CCN(Cc1cccnc1)C(=S)S. The molecule has 0 aromatic carbocycles. The van der Waals surface area contributed by atoms with E-state index in [1.165, 1.54) is 0 Å². The minimum absolute atomic E-state index is 0.237. The highest BCUT2D eigenvalue weighted by Crippen LogP contribution is 2.07. The van der Waals surface area contributed by atoms with Gasteiger partial charge in [-0.2, -0.15) is 0 Å². The first-order valence-electron chi connectivity index (χ1n) is 4.82. The Kier molecular flexibility index (Phi) is 5.75. The summed E-state index contributed by atoms with van der Waals surface area (Å²) < 4.78 is 0.435. The third-order valence-electron chi connectivity index (χ3n) is 2.02. The van der Waals surface area contributed by atoms with Gasteiger partial charge in [-0.15, -0.1) is 12.6 Å². The van der Waals surface area contributed by atoms with Crippen molar-refractivity contribution < 1.29 is 10.0 Å². The summed E-state index contributed by atoms with van der Waals surface area (Å²) in [5.41, 5.74) is 1.01. The average molecular weight is 256 g/mol. The summed E-state index contributed by atoms with van der Waals surface area (Å²) in [5, 5.41) is 17.6. The molecule has 86 valence electrons. The van der Waals surface area contributed by atoms with Crippen molar-refractivity contribution in [1.29, 1.82) is 0 Å². The monoisotopic (exact) mass is 256 g/mol. The fraction of sp³-hybridized carbons (Fsp3) is 0.333. The molecule has 0 bridgehead atoms. The first kappa shape index (κ1) is 13.4. The number of aromatic nitrogens is 1. The van der Waals surface area contributed by atoms with Gasteiger partial charge in [0.05, 0.1) is 0 Å². The van der Waals surface area contributed by atoms with E-state index in [1.807, 2.05) is 12.1 Å². The predicted molar refractivity (Wildman–Crippen MR) is 71.2 cm³/mol. The van der Waals surface area contributed by atoms with Gasteiger partial charge in [0.1, 0.15) is 4.32 Å². The Bertz CT molecular complexity index is 338. The Labute approximate surface area is 106 Å². The summed E-state index contributed by atoms with van der Waals surface area (Å²) in [7, 11) is -1.32. The van der Waals surface area contributed by atoms with E-state index in [1.54, 1.807) is 17.3 Å². The van der Waals surface area contributed by atoms with Crippen LogP contribution in [0.15, 0.2) is 24.5 Å². The van der Waals surface area contributed by atoms with Crippen LogP contribution < -0.4 is 0 Å². The summed E-state index contributed by atoms with van der Waals surface area (Å²) in [6.45, 7) is 1.03. The van der Waals surface area contributed by atoms with Gasteiger partial charge in [0.15, 0.2) is 0 Å². The Morgan fingerprint density at radius 1 is 1.56 bits per heavy atom. The molecule has 1 aromatic rings. The standard InChI is InChI=1S/C9H13BN2O2S2/c13-10(14)3-5-12(9(15)16)7-8-2-1-4-11-6-8/h1-2,4,6,13-14H,3,5,7H2,(H,15,16). The lowest BCUT2D eigenvalue weighted by molar-refractivity contribution is 0.380. The van der Waals surface area contributed by atoms with Crippen LogP contribution in [-0.2, 0) is 6.54 Å². The Morgan fingerprint density at radius 2 is 2.31 bits per heavy atom. The minimum Gasteiger partial charge on any atom is -0.427 e. The van der Waals surface area contributed by atoms with Gasteiger partial charge in [-0.05, 0) is 17.9 Å². The molecule has 0 fully saturated rings. The van der Waals surface area contributed by atoms with E-state index in [0.717, 1.165) is 5.56 Å². The van der Waals surface area contributed by atoms with Crippen LogP contribution >= 0.6 is 24.8 Å². The third-order valence-corrected chi connectivity index (χ3v) is 2.57. The summed E-state index contributed by atoms with van der Waals surface area (Å²) >= 11 is 9.07. The van der Waals surface area contributed by atoms with Crippen molar-refractivity contribution in [2.24, 2.45) is 0 Å². The van der Waals surface area contributed by atoms with Crippen LogP contribution in [0.25, 0.3) is 0 Å². The van der Waals surface area contributed by atoms with Gasteiger partial charge in [-0.3, -0.25) is 4.98 Å². The normalized spacial score (nSPS) is 9.94. The fourth-order valence-corrected chi connectivity index (χ4v) is 1.55. The third kappa shape index (κ3) is 4.93.